The van der Waals surface area contributed by atoms with Crippen LogP contribution >= 0.6 is 23.6 Å². The van der Waals surface area contributed by atoms with E-state index in [1.54, 1.807) is 11.3 Å². The quantitative estimate of drug-likeness (QED) is 0.852. The van der Waals surface area contributed by atoms with Crippen LogP contribution in [0.1, 0.15) is 30.2 Å². The van der Waals surface area contributed by atoms with Gasteiger partial charge in [0.05, 0.1) is 10.4 Å². The molecule has 1 fully saturated rings. The van der Waals surface area contributed by atoms with E-state index >= 15 is 0 Å². The van der Waals surface area contributed by atoms with Crippen molar-refractivity contribution in [3.8, 4) is 0 Å². The van der Waals surface area contributed by atoms with Crippen molar-refractivity contribution in [3.63, 3.8) is 0 Å². The van der Waals surface area contributed by atoms with Gasteiger partial charge in [0.2, 0.25) is 5.91 Å². The van der Waals surface area contributed by atoms with E-state index in [-0.39, 0.29) is 5.91 Å². The summed E-state index contributed by atoms with van der Waals surface area (Å²) in [4.78, 5) is 16.5. The second-order valence-electron chi connectivity index (χ2n) is 5.81. The molecule has 102 valence electrons. The monoisotopic (exact) mass is 294 g/mol. The van der Waals surface area contributed by atoms with Crippen molar-refractivity contribution in [2.45, 2.75) is 32.7 Å². The van der Waals surface area contributed by atoms with Gasteiger partial charge in [0.15, 0.2) is 0 Å². The fraction of sp³-hybridized carbons (Fsp3) is 0.571. The van der Waals surface area contributed by atoms with E-state index in [1.165, 1.54) is 10.4 Å². The van der Waals surface area contributed by atoms with Gasteiger partial charge in [0.1, 0.15) is 0 Å². The first-order valence-corrected chi connectivity index (χ1v) is 7.96. The summed E-state index contributed by atoms with van der Waals surface area (Å²) >= 11 is 6.96. The van der Waals surface area contributed by atoms with Gasteiger partial charge in [-0.05, 0) is 42.2 Å². The summed E-state index contributed by atoms with van der Waals surface area (Å²) in [5.41, 5.74) is 6.60. The maximum Gasteiger partial charge on any atom is 0.235 e. The van der Waals surface area contributed by atoms with Gasteiger partial charge in [-0.25, -0.2) is 0 Å². The highest BCUT2D eigenvalue weighted by molar-refractivity contribution is 7.80. The molecule has 1 saturated carbocycles. The summed E-state index contributed by atoms with van der Waals surface area (Å²) in [7, 11) is 0. The Kier molecular flexibility index (Phi) is 3.14. The van der Waals surface area contributed by atoms with Crippen LogP contribution in [-0.4, -0.2) is 22.3 Å². The zero-order chi connectivity index (χ0) is 13.6. The number of amides is 1. The summed E-state index contributed by atoms with van der Waals surface area (Å²) in [6, 6.07) is 2.12. The van der Waals surface area contributed by atoms with E-state index in [9.17, 15) is 4.79 Å². The molecule has 5 heteroatoms. The summed E-state index contributed by atoms with van der Waals surface area (Å²) in [6.07, 6.45) is 2.59. The van der Waals surface area contributed by atoms with Gasteiger partial charge in [-0.15, -0.1) is 11.3 Å². The molecule has 2 aliphatic rings. The molecule has 3 rings (SSSR count). The van der Waals surface area contributed by atoms with Crippen LogP contribution in [0.4, 0.5) is 0 Å². The fourth-order valence-electron chi connectivity index (χ4n) is 3.34. The van der Waals surface area contributed by atoms with E-state index in [1.807, 2.05) is 4.90 Å². The molecule has 0 unspecified atom stereocenters. The predicted molar refractivity (Wildman–Crippen MR) is 81.1 cm³/mol. The summed E-state index contributed by atoms with van der Waals surface area (Å²) < 4.78 is 0. The second-order valence-corrected chi connectivity index (χ2v) is 7.25. The lowest BCUT2D eigenvalue weighted by Gasteiger charge is -2.47. The Morgan fingerprint density at radius 1 is 1.58 bits per heavy atom. The van der Waals surface area contributed by atoms with Crippen LogP contribution in [0.15, 0.2) is 11.4 Å². The molecular weight excluding hydrogens is 276 g/mol. The molecule has 0 bridgehead atoms. The minimum Gasteiger partial charge on any atom is -0.392 e. The molecule has 1 amide bonds. The number of thiophene rings is 1. The molecule has 3 nitrogen and oxygen atoms in total. The van der Waals surface area contributed by atoms with Crippen molar-refractivity contribution in [3.05, 3.63) is 21.9 Å². The zero-order valence-electron chi connectivity index (χ0n) is 11.0. The lowest BCUT2D eigenvalue weighted by Crippen LogP contribution is -2.57. The molecule has 0 aromatic carbocycles. The molecule has 1 aliphatic heterocycles. The van der Waals surface area contributed by atoms with Crippen LogP contribution in [0.25, 0.3) is 0 Å². The Balaban J connectivity index is 1.80. The van der Waals surface area contributed by atoms with Gasteiger partial charge >= 0.3 is 0 Å². The molecule has 1 aromatic rings. The number of carbonyl (C=O) groups is 1. The van der Waals surface area contributed by atoms with Crippen LogP contribution < -0.4 is 5.73 Å². The normalized spacial score (nSPS) is 29.5. The first-order chi connectivity index (χ1) is 9.03. The molecule has 1 aromatic heterocycles. The third kappa shape index (κ3) is 1.99. The first kappa shape index (κ1) is 13.1. The molecular formula is C14H18N2OS2. The van der Waals surface area contributed by atoms with E-state index < -0.39 is 5.41 Å². The Bertz CT molecular complexity index is 531. The minimum absolute atomic E-state index is 0.148. The van der Waals surface area contributed by atoms with E-state index in [0.29, 0.717) is 10.9 Å². The van der Waals surface area contributed by atoms with Gasteiger partial charge in [0, 0.05) is 18.0 Å². The molecule has 2 heterocycles. The lowest BCUT2D eigenvalue weighted by molar-refractivity contribution is -0.145. The van der Waals surface area contributed by atoms with Crippen LogP contribution in [0.5, 0.6) is 0 Å². The predicted octanol–water partition coefficient (Wildman–Crippen LogP) is 2.34. The van der Waals surface area contributed by atoms with Crippen molar-refractivity contribution < 1.29 is 4.79 Å². The number of rotatable bonds is 2. The number of nitrogens with zero attached hydrogens (tertiary/aromatic N) is 1. The van der Waals surface area contributed by atoms with Gasteiger partial charge < -0.3 is 10.6 Å². The first-order valence-electron chi connectivity index (χ1n) is 6.67. The van der Waals surface area contributed by atoms with Crippen molar-refractivity contribution in [2.75, 3.05) is 6.54 Å². The molecule has 2 N–H and O–H groups in total. The van der Waals surface area contributed by atoms with Crippen LogP contribution in [0.2, 0.25) is 0 Å². The number of nitrogens with two attached hydrogens (primary N) is 1. The van der Waals surface area contributed by atoms with Crippen molar-refractivity contribution >= 4 is 34.5 Å². The summed E-state index contributed by atoms with van der Waals surface area (Å²) in [5.74, 6) is 0.696. The maximum atomic E-state index is 12.8. The van der Waals surface area contributed by atoms with E-state index in [4.69, 9.17) is 18.0 Å². The molecule has 0 saturated heterocycles. The number of thiocarbonyl (C=S) groups is 1. The SMILES string of the molecule is CC1CC(C(=O)N2CCc3sccc3C2)(C(N)=S)C1. The Morgan fingerprint density at radius 2 is 2.32 bits per heavy atom. The third-order valence-electron chi connectivity index (χ3n) is 4.37. The minimum atomic E-state index is -0.553. The highest BCUT2D eigenvalue weighted by Gasteiger charge is 2.52. The van der Waals surface area contributed by atoms with Crippen molar-refractivity contribution in [2.24, 2.45) is 17.1 Å². The fourth-order valence-corrected chi connectivity index (χ4v) is 4.48. The largest absolute Gasteiger partial charge is 0.392 e. The molecule has 19 heavy (non-hydrogen) atoms. The van der Waals surface area contributed by atoms with Gasteiger partial charge in [-0.3, -0.25) is 4.79 Å². The van der Waals surface area contributed by atoms with Gasteiger partial charge in [-0.1, -0.05) is 19.1 Å². The molecule has 0 spiro atoms. The average molecular weight is 294 g/mol. The highest BCUT2D eigenvalue weighted by Crippen LogP contribution is 2.47. The average Bonchev–Trinajstić information content (AvgIpc) is 2.80. The number of carbonyl (C=O) groups excluding carboxylic acids is 1. The Hall–Kier alpha value is -0.940. The summed E-state index contributed by atoms with van der Waals surface area (Å²) in [6.45, 7) is 3.67. The standard InChI is InChI=1S/C14H18N2OS2/c1-9-6-14(7-9,12(15)18)13(17)16-4-2-11-10(8-16)3-5-19-11/h3,5,9H,2,4,6-8H2,1H3,(H2,15,18). The Morgan fingerprint density at radius 3 is 2.95 bits per heavy atom. The van der Waals surface area contributed by atoms with Gasteiger partial charge in [0.25, 0.3) is 0 Å². The van der Waals surface area contributed by atoms with Gasteiger partial charge in [-0.2, -0.15) is 0 Å². The smallest absolute Gasteiger partial charge is 0.235 e. The van der Waals surface area contributed by atoms with Crippen molar-refractivity contribution in [1.29, 1.82) is 0 Å². The second kappa shape index (κ2) is 4.56. The van der Waals surface area contributed by atoms with Crippen LogP contribution in [-0.2, 0) is 17.8 Å². The van der Waals surface area contributed by atoms with Crippen LogP contribution in [0.3, 0.4) is 0 Å². The Labute approximate surface area is 122 Å². The maximum absolute atomic E-state index is 12.8. The third-order valence-corrected chi connectivity index (χ3v) is 5.78. The van der Waals surface area contributed by atoms with E-state index in [2.05, 4.69) is 18.4 Å². The topological polar surface area (TPSA) is 46.3 Å². The van der Waals surface area contributed by atoms with Crippen LogP contribution in [0, 0.1) is 11.3 Å². The molecule has 0 atom stereocenters. The highest BCUT2D eigenvalue weighted by atomic mass is 32.1. The zero-order valence-corrected chi connectivity index (χ0v) is 12.6. The van der Waals surface area contributed by atoms with E-state index in [0.717, 1.165) is 32.4 Å². The van der Waals surface area contributed by atoms with Crippen molar-refractivity contribution in [1.82, 2.24) is 4.90 Å². The molecule has 0 radical (unpaired) electrons. The number of hydrogen-bond acceptors (Lipinski definition) is 3. The number of hydrogen-bond donors (Lipinski definition) is 1. The molecule has 1 aliphatic carbocycles. The number of fused-ring (bicyclic) bond motifs is 1. The lowest BCUT2D eigenvalue weighted by atomic mass is 9.61. The summed E-state index contributed by atoms with van der Waals surface area (Å²) in [5, 5.41) is 2.10.